The Kier molecular flexibility index (Phi) is 7.05. The molecule has 2 heteroatoms. The van der Waals surface area contributed by atoms with E-state index in [0.29, 0.717) is 12.3 Å². The van der Waals surface area contributed by atoms with Crippen LogP contribution in [-0.2, 0) is 4.79 Å². The molecule has 2 nitrogen and oxygen atoms in total. The summed E-state index contributed by atoms with van der Waals surface area (Å²) in [6.45, 7) is 14.3. The predicted octanol–water partition coefficient (Wildman–Crippen LogP) is 5.07. The van der Waals surface area contributed by atoms with Crippen molar-refractivity contribution in [2.24, 2.45) is 17.8 Å². The Morgan fingerprint density at radius 1 is 1.36 bits per heavy atom. The van der Waals surface area contributed by atoms with Crippen molar-refractivity contribution < 1.29 is 9.90 Å². The lowest BCUT2D eigenvalue weighted by molar-refractivity contribution is -0.116. The highest BCUT2D eigenvalue weighted by molar-refractivity contribution is 5.95. The average molecular weight is 306 g/mol. The molecule has 0 aromatic rings. The average Bonchev–Trinajstić information content (AvgIpc) is 2.42. The predicted molar refractivity (Wildman–Crippen MR) is 93.7 cm³/mol. The van der Waals surface area contributed by atoms with Crippen molar-refractivity contribution in [2.75, 3.05) is 0 Å². The Morgan fingerprint density at radius 3 is 2.32 bits per heavy atom. The normalized spacial score (nSPS) is 32.1. The third kappa shape index (κ3) is 6.08. The summed E-state index contributed by atoms with van der Waals surface area (Å²) in [6.07, 6.45) is 8.09. The number of carbonyl (C=O) groups excluding carboxylic acids is 1. The van der Waals surface area contributed by atoms with E-state index in [0.717, 1.165) is 42.2 Å². The van der Waals surface area contributed by atoms with Crippen LogP contribution in [0.15, 0.2) is 23.8 Å². The summed E-state index contributed by atoms with van der Waals surface area (Å²) in [7, 11) is 0. The quantitative estimate of drug-likeness (QED) is 0.723. The van der Waals surface area contributed by atoms with Gasteiger partial charge in [0.1, 0.15) is 0 Å². The third-order valence-electron chi connectivity index (χ3n) is 5.33. The van der Waals surface area contributed by atoms with Gasteiger partial charge in [0.15, 0.2) is 5.78 Å². The molecule has 0 radical (unpaired) electrons. The van der Waals surface area contributed by atoms with Crippen LogP contribution in [0, 0.1) is 17.8 Å². The molecule has 2 aliphatic carbocycles. The molecule has 0 aromatic heterocycles. The van der Waals surface area contributed by atoms with E-state index in [1.165, 1.54) is 12.8 Å². The molecule has 0 aliphatic heterocycles. The van der Waals surface area contributed by atoms with E-state index in [4.69, 9.17) is 0 Å². The van der Waals surface area contributed by atoms with Crippen molar-refractivity contribution in [3.05, 3.63) is 23.8 Å². The van der Waals surface area contributed by atoms with Crippen LogP contribution < -0.4 is 0 Å². The van der Waals surface area contributed by atoms with E-state index in [2.05, 4.69) is 20.4 Å². The van der Waals surface area contributed by atoms with Crippen molar-refractivity contribution in [1.29, 1.82) is 0 Å². The van der Waals surface area contributed by atoms with Crippen LogP contribution in [0.2, 0.25) is 0 Å². The summed E-state index contributed by atoms with van der Waals surface area (Å²) < 4.78 is 0. The van der Waals surface area contributed by atoms with Gasteiger partial charge in [-0.1, -0.05) is 32.1 Å². The van der Waals surface area contributed by atoms with Gasteiger partial charge in [0.2, 0.25) is 0 Å². The minimum absolute atomic E-state index is 0.282. The van der Waals surface area contributed by atoms with Crippen LogP contribution in [0.5, 0.6) is 0 Å². The van der Waals surface area contributed by atoms with E-state index in [1.54, 1.807) is 0 Å². The zero-order chi connectivity index (χ0) is 16.9. The number of carbonyl (C=O) groups is 1. The molecule has 22 heavy (non-hydrogen) atoms. The van der Waals surface area contributed by atoms with Gasteiger partial charge < -0.3 is 5.11 Å². The molecule has 1 unspecified atom stereocenters. The van der Waals surface area contributed by atoms with Crippen molar-refractivity contribution >= 4 is 5.78 Å². The van der Waals surface area contributed by atoms with Crippen LogP contribution in [0.4, 0.5) is 0 Å². The van der Waals surface area contributed by atoms with Gasteiger partial charge in [-0.2, -0.15) is 0 Å². The SMILES string of the molecule is C=C(C)C1CC=C(C)C(=O)C1.CC(C)C1CCC(C)(O)CC1. The largest absolute Gasteiger partial charge is 0.390 e. The van der Waals surface area contributed by atoms with Crippen molar-refractivity contribution in [3.8, 4) is 0 Å². The monoisotopic (exact) mass is 306 g/mol. The molecule has 1 fully saturated rings. The number of aliphatic hydroxyl groups is 1. The number of ketones is 1. The summed E-state index contributed by atoms with van der Waals surface area (Å²) in [5, 5.41) is 9.67. The maximum atomic E-state index is 11.2. The Morgan fingerprint density at radius 2 is 1.91 bits per heavy atom. The molecule has 2 rings (SSSR count). The van der Waals surface area contributed by atoms with Gasteiger partial charge in [0.25, 0.3) is 0 Å². The lowest BCUT2D eigenvalue weighted by Gasteiger charge is -2.34. The van der Waals surface area contributed by atoms with Crippen LogP contribution in [0.1, 0.15) is 73.1 Å². The highest BCUT2D eigenvalue weighted by atomic mass is 16.3. The van der Waals surface area contributed by atoms with Gasteiger partial charge >= 0.3 is 0 Å². The zero-order valence-corrected chi connectivity index (χ0v) is 15.1. The summed E-state index contributed by atoms with van der Waals surface area (Å²) >= 11 is 0. The minimum atomic E-state index is -0.356. The van der Waals surface area contributed by atoms with Crippen LogP contribution in [0.25, 0.3) is 0 Å². The number of rotatable bonds is 2. The Balaban J connectivity index is 0.000000220. The molecule has 1 saturated carbocycles. The van der Waals surface area contributed by atoms with Crippen molar-refractivity contribution in [3.63, 3.8) is 0 Å². The zero-order valence-electron chi connectivity index (χ0n) is 15.1. The van der Waals surface area contributed by atoms with E-state index in [1.807, 2.05) is 26.8 Å². The first-order valence-electron chi connectivity index (χ1n) is 8.70. The molecular formula is C20H34O2. The lowest BCUT2D eigenvalue weighted by atomic mass is 9.75. The first-order chi connectivity index (χ1) is 10.1. The summed E-state index contributed by atoms with van der Waals surface area (Å²) in [6, 6.07) is 0. The summed E-state index contributed by atoms with van der Waals surface area (Å²) in [5.41, 5.74) is 1.69. The number of hydrogen-bond donors (Lipinski definition) is 1. The van der Waals surface area contributed by atoms with Crippen molar-refractivity contribution in [1.82, 2.24) is 0 Å². The van der Waals surface area contributed by atoms with Gasteiger partial charge in [-0.25, -0.2) is 0 Å². The van der Waals surface area contributed by atoms with Crippen molar-refractivity contribution in [2.45, 2.75) is 78.7 Å². The minimum Gasteiger partial charge on any atom is -0.390 e. The highest BCUT2D eigenvalue weighted by Gasteiger charge is 2.29. The summed E-state index contributed by atoms with van der Waals surface area (Å²) in [4.78, 5) is 11.2. The van der Waals surface area contributed by atoms with Crippen LogP contribution in [0.3, 0.4) is 0 Å². The first-order valence-corrected chi connectivity index (χ1v) is 8.70. The molecule has 0 heterocycles. The molecule has 0 amide bonds. The second-order valence-corrected chi connectivity index (χ2v) is 7.87. The van der Waals surface area contributed by atoms with Crippen LogP contribution in [-0.4, -0.2) is 16.5 Å². The molecule has 0 saturated heterocycles. The topological polar surface area (TPSA) is 37.3 Å². The number of allylic oxidation sites excluding steroid dienone is 3. The third-order valence-corrected chi connectivity index (χ3v) is 5.33. The summed E-state index contributed by atoms with van der Waals surface area (Å²) in [5.74, 6) is 2.33. The molecule has 0 bridgehead atoms. The lowest BCUT2D eigenvalue weighted by Crippen LogP contribution is -2.31. The highest BCUT2D eigenvalue weighted by Crippen LogP contribution is 2.35. The Hall–Kier alpha value is -0.890. The standard InChI is InChI=1S/C10H20O.C10H14O/c1-8(2)9-4-6-10(3,11)7-5-9;1-7(2)9-5-4-8(3)10(11)6-9/h8-9,11H,4-7H2,1-3H3;4,9H,1,5-6H2,2-3H3. The van der Waals surface area contributed by atoms with Gasteiger partial charge in [-0.15, -0.1) is 0 Å². The molecule has 1 atom stereocenters. The van der Waals surface area contributed by atoms with Crippen LogP contribution >= 0.6 is 0 Å². The second-order valence-electron chi connectivity index (χ2n) is 7.87. The van der Waals surface area contributed by atoms with Gasteiger partial charge in [0.05, 0.1) is 5.60 Å². The molecular weight excluding hydrogens is 272 g/mol. The first kappa shape index (κ1) is 19.2. The van der Waals surface area contributed by atoms with E-state index in [9.17, 15) is 9.90 Å². The number of hydrogen-bond acceptors (Lipinski definition) is 2. The van der Waals surface area contributed by atoms with Gasteiger partial charge in [-0.05, 0) is 76.2 Å². The molecule has 2 aliphatic rings. The van der Waals surface area contributed by atoms with E-state index in [-0.39, 0.29) is 11.4 Å². The maximum Gasteiger partial charge on any atom is 0.158 e. The molecule has 0 aromatic carbocycles. The van der Waals surface area contributed by atoms with Gasteiger partial charge in [-0.3, -0.25) is 4.79 Å². The molecule has 1 N–H and O–H groups in total. The maximum absolute atomic E-state index is 11.2. The number of Topliss-reactive ketones (excluding diaryl/α,β-unsaturated/α-hetero) is 1. The second kappa shape index (κ2) is 8.10. The fraction of sp³-hybridized carbons (Fsp3) is 0.750. The van der Waals surface area contributed by atoms with E-state index < -0.39 is 0 Å². The smallest absolute Gasteiger partial charge is 0.158 e. The molecule has 0 spiro atoms. The molecule has 126 valence electrons. The van der Waals surface area contributed by atoms with Gasteiger partial charge in [0, 0.05) is 6.42 Å². The van der Waals surface area contributed by atoms with E-state index >= 15 is 0 Å². The fourth-order valence-corrected chi connectivity index (χ4v) is 3.21. The fourth-order valence-electron chi connectivity index (χ4n) is 3.21. The Bertz CT molecular complexity index is 419. The Labute approximate surface area is 136 Å².